The summed E-state index contributed by atoms with van der Waals surface area (Å²) in [6.45, 7) is 8.36. The van der Waals surface area contributed by atoms with Gasteiger partial charge in [0.25, 0.3) is 0 Å². The smallest absolute Gasteiger partial charge is 0.239 e. The van der Waals surface area contributed by atoms with E-state index in [-0.39, 0.29) is 17.9 Å². The quantitative estimate of drug-likeness (QED) is 0.906. The first-order valence-electron chi connectivity index (χ1n) is 7.21. The van der Waals surface area contributed by atoms with Gasteiger partial charge in [-0.05, 0) is 12.3 Å². The number of thiazole rings is 1. The number of rotatable bonds is 4. The highest BCUT2D eigenvalue weighted by Gasteiger charge is 2.25. The lowest BCUT2D eigenvalue weighted by Gasteiger charge is -2.26. The van der Waals surface area contributed by atoms with Gasteiger partial charge in [0, 0.05) is 38.1 Å². The maximum absolute atomic E-state index is 12.3. The van der Waals surface area contributed by atoms with E-state index in [1.54, 1.807) is 11.3 Å². The van der Waals surface area contributed by atoms with Crippen molar-refractivity contribution in [2.45, 2.75) is 32.9 Å². The number of nitrogens with zero attached hydrogens (tertiary/aromatic N) is 3. The predicted molar refractivity (Wildman–Crippen MR) is 81.4 cm³/mol. The van der Waals surface area contributed by atoms with Crippen LogP contribution < -0.4 is 5.73 Å². The van der Waals surface area contributed by atoms with Crippen LogP contribution in [0.25, 0.3) is 0 Å². The molecule has 2 heterocycles. The summed E-state index contributed by atoms with van der Waals surface area (Å²) in [6, 6.07) is -0.375. The Hall–Kier alpha value is -0.980. The lowest BCUT2D eigenvalue weighted by atomic mass is 10.0. The van der Waals surface area contributed by atoms with Gasteiger partial charge in [0.2, 0.25) is 5.91 Å². The molecule has 1 saturated heterocycles. The van der Waals surface area contributed by atoms with Crippen molar-refractivity contribution in [3.05, 3.63) is 16.6 Å². The van der Waals surface area contributed by atoms with Crippen LogP contribution in [0, 0.1) is 5.92 Å². The second kappa shape index (κ2) is 7.15. The Bertz CT molecular complexity index is 421. The molecule has 20 heavy (non-hydrogen) atoms. The SMILES string of the molecule is CC(C)[C@H](N)C(=O)N1CCCN(Cc2cscn2)CC1. The Kier molecular flexibility index (Phi) is 5.51. The van der Waals surface area contributed by atoms with Crippen LogP contribution in [-0.2, 0) is 11.3 Å². The molecule has 1 atom stereocenters. The molecule has 112 valence electrons. The van der Waals surface area contributed by atoms with E-state index in [0.29, 0.717) is 0 Å². The molecule has 1 aromatic rings. The number of hydrogen-bond acceptors (Lipinski definition) is 5. The molecule has 2 N–H and O–H groups in total. The Morgan fingerprint density at radius 1 is 1.40 bits per heavy atom. The van der Waals surface area contributed by atoms with Crippen molar-refractivity contribution in [1.82, 2.24) is 14.8 Å². The van der Waals surface area contributed by atoms with Crippen LogP contribution in [0.1, 0.15) is 26.0 Å². The van der Waals surface area contributed by atoms with Crippen LogP contribution in [-0.4, -0.2) is 52.9 Å². The average Bonchev–Trinajstić information content (AvgIpc) is 2.82. The Morgan fingerprint density at radius 3 is 2.85 bits per heavy atom. The summed E-state index contributed by atoms with van der Waals surface area (Å²) in [6.07, 6.45) is 1.00. The van der Waals surface area contributed by atoms with Crippen LogP contribution in [0.2, 0.25) is 0 Å². The third-order valence-corrected chi connectivity index (χ3v) is 4.41. The third kappa shape index (κ3) is 4.01. The third-order valence-electron chi connectivity index (χ3n) is 3.77. The monoisotopic (exact) mass is 296 g/mol. The zero-order valence-corrected chi connectivity index (χ0v) is 13.1. The molecule has 0 aromatic carbocycles. The van der Waals surface area contributed by atoms with E-state index in [4.69, 9.17) is 5.73 Å². The minimum Gasteiger partial charge on any atom is -0.340 e. The van der Waals surface area contributed by atoms with E-state index in [2.05, 4.69) is 15.3 Å². The first-order chi connectivity index (χ1) is 9.58. The van der Waals surface area contributed by atoms with E-state index >= 15 is 0 Å². The molecule has 0 aliphatic carbocycles. The van der Waals surface area contributed by atoms with Crippen molar-refractivity contribution in [3.63, 3.8) is 0 Å². The maximum Gasteiger partial charge on any atom is 0.239 e. The van der Waals surface area contributed by atoms with E-state index in [0.717, 1.165) is 44.8 Å². The van der Waals surface area contributed by atoms with Crippen molar-refractivity contribution >= 4 is 17.2 Å². The summed E-state index contributed by atoms with van der Waals surface area (Å²) in [4.78, 5) is 20.9. The molecule has 1 amide bonds. The molecule has 0 saturated carbocycles. The summed E-state index contributed by atoms with van der Waals surface area (Å²) >= 11 is 1.63. The van der Waals surface area contributed by atoms with Crippen LogP contribution in [0.5, 0.6) is 0 Å². The lowest BCUT2D eigenvalue weighted by molar-refractivity contribution is -0.133. The Labute approximate surface area is 124 Å². The van der Waals surface area contributed by atoms with Crippen molar-refractivity contribution < 1.29 is 4.79 Å². The van der Waals surface area contributed by atoms with Gasteiger partial charge in [0.15, 0.2) is 0 Å². The number of carbonyl (C=O) groups is 1. The van der Waals surface area contributed by atoms with E-state index < -0.39 is 0 Å². The van der Waals surface area contributed by atoms with Crippen LogP contribution in [0.15, 0.2) is 10.9 Å². The van der Waals surface area contributed by atoms with E-state index in [9.17, 15) is 4.79 Å². The zero-order chi connectivity index (χ0) is 14.5. The molecular weight excluding hydrogens is 272 g/mol. The van der Waals surface area contributed by atoms with Gasteiger partial charge in [-0.15, -0.1) is 11.3 Å². The van der Waals surface area contributed by atoms with Gasteiger partial charge in [0.05, 0.1) is 17.2 Å². The zero-order valence-electron chi connectivity index (χ0n) is 12.3. The number of nitrogens with two attached hydrogens (primary N) is 1. The molecule has 2 rings (SSSR count). The second-order valence-electron chi connectivity index (χ2n) is 5.70. The standard InChI is InChI=1S/C14H24N4OS/c1-11(2)13(15)14(19)18-5-3-4-17(6-7-18)8-12-9-20-10-16-12/h9-11,13H,3-8,15H2,1-2H3/t13-/m0/s1. The molecule has 0 bridgehead atoms. The normalized spacial score (nSPS) is 19.1. The summed E-state index contributed by atoms with van der Waals surface area (Å²) in [5.41, 5.74) is 8.96. The minimum absolute atomic E-state index is 0.0931. The molecular formula is C14H24N4OS. The largest absolute Gasteiger partial charge is 0.340 e. The second-order valence-corrected chi connectivity index (χ2v) is 6.42. The van der Waals surface area contributed by atoms with Crippen molar-refractivity contribution in [3.8, 4) is 0 Å². The van der Waals surface area contributed by atoms with Gasteiger partial charge >= 0.3 is 0 Å². The van der Waals surface area contributed by atoms with Gasteiger partial charge in [-0.3, -0.25) is 9.69 Å². The van der Waals surface area contributed by atoms with E-state index in [1.807, 2.05) is 24.3 Å². The average molecular weight is 296 g/mol. The molecule has 1 aliphatic rings. The van der Waals surface area contributed by atoms with Crippen molar-refractivity contribution in [1.29, 1.82) is 0 Å². The molecule has 0 radical (unpaired) electrons. The van der Waals surface area contributed by atoms with Crippen LogP contribution in [0.4, 0.5) is 0 Å². The van der Waals surface area contributed by atoms with Crippen molar-refractivity contribution in [2.75, 3.05) is 26.2 Å². The topological polar surface area (TPSA) is 62.5 Å². The van der Waals surface area contributed by atoms with Gasteiger partial charge in [-0.1, -0.05) is 13.8 Å². The molecule has 0 unspecified atom stereocenters. The number of aromatic nitrogens is 1. The predicted octanol–water partition coefficient (Wildman–Crippen LogP) is 1.16. The molecule has 6 heteroatoms. The Balaban J connectivity index is 1.87. The molecule has 1 aromatic heterocycles. The number of amides is 1. The first kappa shape index (κ1) is 15.4. The van der Waals surface area contributed by atoms with Gasteiger partial charge in [-0.2, -0.15) is 0 Å². The Morgan fingerprint density at radius 2 is 2.20 bits per heavy atom. The first-order valence-corrected chi connectivity index (χ1v) is 8.16. The summed E-state index contributed by atoms with van der Waals surface area (Å²) in [5.74, 6) is 0.285. The highest BCUT2D eigenvalue weighted by molar-refractivity contribution is 7.07. The fourth-order valence-corrected chi connectivity index (χ4v) is 2.94. The number of carbonyl (C=O) groups excluding carboxylic acids is 1. The maximum atomic E-state index is 12.3. The highest BCUT2D eigenvalue weighted by atomic mass is 32.1. The lowest BCUT2D eigenvalue weighted by Crippen LogP contribution is -2.47. The summed E-state index contributed by atoms with van der Waals surface area (Å²) in [5, 5.41) is 2.09. The van der Waals surface area contributed by atoms with E-state index in [1.165, 1.54) is 0 Å². The van der Waals surface area contributed by atoms with Crippen LogP contribution in [0.3, 0.4) is 0 Å². The van der Waals surface area contributed by atoms with Gasteiger partial charge in [0.1, 0.15) is 0 Å². The highest BCUT2D eigenvalue weighted by Crippen LogP contribution is 2.11. The molecule has 1 fully saturated rings. The fraction of sp³-hybridized carbons (Fsp3) is 0.714. The van der Waals surface area contributed by atoms with Gasteiger partial charge in [-0.25, -0.2) is 4.98 Å². The summed E-state index contributed by atoms with van der Waals surface area (Å²) < 4.78 is 0. The van der Waals surface area contributed by atoms with Gasteiger partial charge < -0.3 is 10.6 Å². The fourth-order valence-electron chi connectivity index (χ4n) is 2.39. The van der Waals surface area contributed by atoms with Crippen LogP contribution >= 0.6 is 11.3 Å². The molecule has 1 aliphatic heterocycles. The minimum atomic E-state index is -0.375. The van der Waals surface area contributed by atoms with Crippen molar-refractivity contribution in [2.24, 2.45) is 11.7 Å². The molecule has 0 spiro atoms. The summed E-state index contributed by atoms with van der Waals surface area (Å²) in [7, 11) is 0. The molecule has 5 nitrogen and oxygen atoms in total. The number of hydrogen-bond donors (Lipinski definition) is 1.